The van der Waals surface area contributed by atoms with E-state index in [0.717, 1.165) is 0 Å². The molecule has 0 aliphatic rings. The first-order chi connectivity index (χ1) is 6.61. The number of hydrogen-bond acceptors (Lipinski definition) is 2. The first-order valence-electron chi connectivity index (χ1n) is 3.69. The second-order valence-corrected chi connectivity index (χ2v) is 4.43. The normalized spacial score (nSPS) is 10.7. The Labute approximate surface area is 91.1 Å². The summed E-state index contributed by atoms with van der Waals surface area (Å²) in [5.41, 5.74) is -0.0440. The van der Waals surface area contributed by atoms with Crippen LogP contribution in [-0.4, -0.2) is 11.1 Å². The molecule has 0 saturated carbocycles. The molecule has 0 spiro atoms. The van der Waals surface area contributed by atoms with Crippen molar-refractivity contribution in [2.24, 2.45) is 0 Å². The minimum absolute atomic E-state index is 0.0101. The molecule has 14 heavy (non-hydrogen) atoms. The summed E-state index contributed by atoms with van der Waals surface area (Å²) in [6, 6.07) is 3.10. The van der Waals surface area contributed by atoms with Crippen LogP contribution in [0.4, 0.5) is 4.39 Å². The summed E-state index contributed by atoms with van der Waals surface area (Å²) < 4.78 is 14.2. The lowest BCUT2D eigenvalue weighted by atomic mass is 10.2. The van der Waals surface area contributed by atoms with E-state index in [1.807, 2.05) is 0 Å². The van der Waals surface area contributed by atoms with Crippen LogP contribution in [0, 0.1) is 5.82 Å². The van der Waals surface area contributed by atoms with Crippen LogP contribution in [0.3, 0.4) is 0 Å². The summed E-state index contributed by atoms with van der Waals surface area (Å²) in [6.07, 6.45) is 0. The fourth-order valence-electron chi connectivity index (χ4n) is 1.20. The van der Waals surface area contributed by atoms with Gasteiger partial charge in [-0.15, -0.1) is 11.3 Å². The number of carbonyl (C=O) groups is 1. The van der Waals surface area contributed by atoms with Gasteiger partial charge in [-0.3, -0.25) is 0 Å². The van der Waals surface area contributed by atoms with Gasteiger partial charge in [-0.2, -0.15) is 0 Å². The van der Waals surface area contributed by atoms with Gasteiger partial charge in [0.1, 0.15) is 5.82 Å². The third-order valence-corrected chi connectivity index (χ3v) is 3.51. The maximum atomic E-state index is 13.5. The molecule has 2 aromatic rings. The average molecular weight is 275 g/mol. The number of halogens is 2. The van der Waals surface area contributed by atoms with Gasteiger partial charge in [0.2, 0.25) is 0 Å². The molecule has 0 radical (unpaired) electrons. The Morgan fingerprint density at radius 1 is 1.57 bits per heavy atom. The van der Waals surface area contributed by atoms with E-state index in [4.69, 9.17) is 5.11 Å². The summed E-state index contributed by atoms with van der Waals surface area (Å²) in [7, 11) is 0. The maximum absolute atomic E-state index is 13.5. The highest BCUT2D eigenvalue weighted by atomic mass is 79.9. The average Bonchev–Trinajstić information content (AvgIpc) is 2.58. The number of benzene rings is 1. The van der Waals surface area contributed by atoms with Gasteiger partial charge in [0.05, 0.1) is 10.0 Å². The lowest BCUT2D eigenvalue weighted by Crippen LogP contribution is -1.99. The van der Waals surface area contributed by atoms with Crippen LogP contribution in [0.5, 0.6) is 0 Å². The summed E-state index contributed by atoms with van der Waals surface area (Å²) in [5, 5.41) is 11.0. The Hall–Kier alpha value is -0.940. The van der Waals surface area contributed by atoms with Gasteiger partial charge >= 0.3 is 5.97 Å². The Morgan fingerprint density at radius 3 is 2.93 bits per heavy atom. The van der Waals surface area contributed by atoms with Crippen molar-refractivity contribution in [1.82, 2.24) is 0 Å². The van der Waals surface area contributed by atoms with Gasteiger partial charge in [0, 0.05) is 10.1 Å². The van der Waals surface area contributed by atoms with Crippen LogP contribution in [0.25, 0.3) is 10.1 Å². The molecule has 0 saturated heterocycles. The molecule has 1 heterocycles. The Morgan fingerprint density at radius 2 is 2.29 bits per heavy atom. The molecule has 0 aliphatic heterocycles. The molecule has 1 N–H and O–H groups in total. The lowest BCUT2D eigenvalue weighted by molar-refractivity contribution is 0.0695. The van der Waals surface area contributed by atoms with E-state index in [-0.39, 0.29) is 10.0 Å². The van der Waals surface area contributed by atoms with E-state index in [0.29, 0.717) is 10.1 Å². The van der Waals surface area contributed by atoms with Crippen LogP contribution < -0.4 is 0 Å². The van der Waals surface area contributed by atoms with E-state index in [1.165, 1.54) is 17.4 Å². The molecule has 0 bridgehead atoms. The van der Waals surface area contributed by atoms with Crippen molar-refractivity contribution >= 4 is 43.3 Å². The number of carboxylic acids is 1. The van der Waals surface area contributed by atoms with E-state index in [1.54, 1.807) is 11.4 Å². The Kier molecular flexibility index (Phi) is 2.28. The highest BCUT2D eigenvalue weighted by Gasteiger charge is 2.16. The zero-order valence-electron chi connectivity index (χ0n) is 6.75. The number of fused-ring (bicyclic) bond motifs is 1. The van der Waals surface area contributed by atoms with Crippen molar-refractivity contribution < 1.29 is 14.3 Å². The number of hydrogen-bond donors (Lipinski definition) is 1. The Bertz CT molecular complexity index is 521. The van der Waals surface area contributed by atoms with Crippen molar-refractivity contribution in [3.8, 4) is 0 Å². The smallest absolute Gasteiger partial charge is 0.336 e. The molecule has 1 aromatic carbocycles. The van der Waals surface area contributed by atoms with Gasteiger partial charge in [0.25, 0.3) is 0 Å². The molecule has 0 amide bonds. The zero-order chi connectivity index (χ0) is 10.3. The minimum Gasteiger partial charge on any atom is -0.478 e. The zero-order valence-corrected chi connectivity index (χ0v) is 9.15. The Balaban J connectivity index is 2.87. The van der Waals surface area contributed by atoms with E-state index in [9.17, 15) is 9.18 Å². The lowest BCUT2D eigenvalue weighted by Gasteiger charge is -2.01. The third-order valence-electron chi connectivity index (χ3n) is 1.87. The summed E-state index contributed by atoms with van der Waals surface area (Å²) >= 11 is 4.25. The monoisotopic (exact) mass is 274 g/mol. The van der Waals surface area contributed by atoms with Crippen LogP contribution in [0.2, 0.25) is 0 Å². The van der Waals surface area contributed by atoms with Crippen LogP contribution >= 0.6 is 27.3 Å². The standard InChI is InChI=1S/C9H4BrFO2S/c10-7-5(9(12)13)3-6-4(8(7)11)1-2-14-6/h1-3H,(H,12,13). The first kappa shape index (κ1) is 9.61. The molecular weight excluding hydrogens is 271 g/mol. The molecule has 72 valence electrons. The highest BCUT2D eigenvalue weighted by molar-refractivity contribution is 9.10. The van der Waals surface area contributed by atoms with Crippen molar-refractivity contribution in [1.29, 1.82) is 0 Å². The molecule has 1 aromatic heterocycles. The van der Waals surface area contributed by atoms with Crippen molar-refractivity contribution in [2.75, 3.05) is 0 Å². The van der Waals surface area contributed by atoms with Crippen LogP contribution in [-0.2, 0) is 0 Å². The molecule has 2 nitrogen and oxygen atoms in total. The molecule has 0 fully saturated rings. The molecule has 0 unspecified atom stereocenters. The summed E-state index contributed by atoms with van der Waals surface area (Å²) in [4.78, 5) is 10.7. The van der Waals surface area contributed by atoms with Crippen molar-refractivity contribution in [2.45, 2.75) is 0 Å². The van der Waals surface area contributed by atoms with Crippen molar-refractivity contribution in [3.63, 3.8) is 0 Å². The van der Waals surface area contributed by atoms with E-state index in [2.05, 4.69) is 15.9 Å². The predicted molar refractivity (Wildman–Crippen MR) is 56.4 cm³/mol. The first-order valence-corrected chi connectivity index (χ1v) is 5.37. The van der Waals surface area contributed by atoms with Gasteiger partial charge < -0.3 is 5.11 Å². The number of carboxylic acid groups (broad SMARTS) is 1. The topological polar surface area (TPSA) is 37.3 Å². The fourth-order valence-corrected chi connectivity index (χ4v) is 2.52. The molecular formula is C9H4BrFO2S. The van der Waals surface area contributed by atoms with Gasteiger partial charge in [-0.1, -0.05) is 0 Å². The second-order valence-electron chi connectivity index (χ2n) is 2.69. The predicted octanol–water partition coefficient (Wildman–Crippen LogP) is 3.50. The van der Waals surface area contributed by atoms with Crippen LogP contribution in [0.1, 0.15) is 10.4 Å². The van der Waals surface area contributed by atoms with E-state index < -0.39 is 11.8 Å². The second kappa shape index (κ2) is 3.33. The fraction of sp³-hybridized carbons (Fsp3) is 0. The van der Waals surface area contributed by atoms with Gasteiger partial charge in [0.15, 0.2) is 0 Å². The van der Waals surface area contributed by atoms with Gasteiger partial charge in [-0.25, -0.2) is 9.18 Å². The van der Waals surface area contributed by atoms with Gasteiger partial charge in [-0.05, 0) is 33.4 Å². The largest absolute Gasteiger partial charge is 0.478 e. The summed E-state index contributed by atoms with van der Waals surface area (Å²) in [6.45, 7) is 0. The number of thiophene rings is 1. The van der Waals surface area contributed by atoms with Crippen LogP contribution in [0.15, 0.2) is 22.0 Å². The van der Waals surface area contributed by atoms with Crippen molar-refractivity contribution in [3.05, 3.63) is 33.4 Å². The minimum atomic E-state index is -1.13. The quantitative estimate of drug-likeness (QED) is 0.864. The highest BCUT2D eigenvalue weighted by Crippen LogP contribution is 2.31. The summed E-state index contributed by atoms with van der Waals surface area (Å²) in [5.74, 6) is -1.65. The molecule has 0 atom stereocenters. The SMILES string of the molecule is O=C(O)c1cc2sccc2c(F)c1Br. The molecule has 5 heteroatoms. The molecule has 0 aliphatic carbocycles. The number of rotatable bonds is 1. The van der Waals surface area contributed by atoms with E-state index >= 15 is 0 Å². The number of aromatic carboxylic acids is 1. The maximum Gasteiger partial charge on any atom is 0.336 e. The third kappa shape index (κ3) is 1.33. The molecule has 2 rings (SSSR count).